The fraction of sp³-hybridized carbons (Fsp3) is 0.312. The van der Waals surface area contributed by atoms with Gasteiger partial charge in [-0.25, -0.2) is 0 Å². The highest BCUT2D eigenvalue weighted by Crippen LogP contribution is 2.29. The standard InChI is InChI=1S/C16H16ClN5O2/c1-2-3-15(16(22(23)24)19-6-7-20-16)21-13-8-11-4-5-12(17)9-14(11)18-10-13/h4-10,15,21H,2-3H2,1H3. The Hall–Kier alpha value is -2.54. The van der Waals surface area contributed by atoms with E-state index in [9.17, 15) is 10.1 Å². The molecular formula is C16H16ClN5O2. The van der Waals surface area contributed by atoms with Gasteiger partial charge in [0.05, 0.1) is 22.3 Å². The largest absolute Gasteiger partial charge is 0.431 e. The van der Waals surface area contributed by atoms with Crippen LogP contribution in [0.5, 0.6) is 0 Å². The number of nitro groups is 1. The number of benzene rings is 1. The minimum absolute atomic E-state index is 0.450. The maximum Gasteiger partial charge on any atom is 0.431 e. The van der Waals surface area contributed by atoms with Gasteiger partial charge in [-0.1, -0.05) is 31.0 Å². The Morgan fingerprint density at radius 1 is 1.33 bits per heavy atom. The van der Waals surface area contributed by atoms with Gasteiger partial charge in [-0.3, -0.25) is 15.1 Å². The van der Waals surface area contributed by atoms with Gasteiger partial charge in [-0.15, -0.1) is 0 Å². The van der Waals surface area contributed by atoms with Crippen LogP contribution in [0.25, 0.3) is 10.9 Å². The van der Waals surface area contributed by atoms with Crippen LogP contribution < -0.4 is 5.32 Å². The molecule has 24 heavy (non-hydrogen) atoms. The minimum Gasteiger partial charge on any atom is -0.371 e. The molecule has 1 atom stereocenters. The Morgan fingerprint density at radius 2 is 2.08 bits per heavy atom. The van der Waals surface area contributed by atoms with E-state index in [0.29, 0.717) is 17.1 Å². The summed E-state index contributed by atoms with van der Waals surface area (Å²) in [7, 11) is 0. The van der Waals surface area contributed by atoms with E-state index in [1.54, 1.807) is 18.3 Å². The van der Waals surface area contributed by atoms with E-state index in [1.807, 2.05) is 19.1 Å². The maximum atomic E-state index is 11.6. The molecule has 1 N–H and O–H groups in total. The summed E-state index contributed by atoms with van der Waals surface area (Å²) in [6, 6.07) is 6.73. The first-order valence-electron chi connectivity index (χ1n) is 7.60. The van der Waals surface area contributed by atoms with Crippen molar-refractivity contribution in [2.45, 2.75) is 31.6 Å². The smallest absolute Gasteiger partial charge is 0.371 e. The van der Waals surface area contributed by atoms with Gasteiger partial charge in [0.2, 0.25) is 0 Å². The van der Waals surface area contributed by atoms with Crippen molar-refractivity contribution in [2.24, 2.45) is 9.98 Å². The van der Waals surface area contributed by atoms with E-state index in [4.69, 9.17) is 11.6 Å². The van der Waals surface area contributed by atoms with Crippen molar-refractivity contribution >= 4 is 40.6 Å². The summed E-state index contributed by atoms with van der Waals surface area (Å²) in [5, 5.41) is 16.3. The van der Waals surface area contributed by atoms with Crippen molar-refractivity contribution in [1.82, 2.24) is 4.98 Å². The van der Waals surface area contributed by atoms with E-state index in [2.05, 4.69) is 20.3 Å². The quantitative estimate of drug-likeness (QED) is 0.640. The summed E-state index contributed by atoms with van der Waals surface area (Å²) in [4.78, 5) is 23.5. The van der Waals surface area contributed by atoms with Crippen LogP contribution >= 0.6 is 11.6 Å². The van der Waals surface area contributed by atoms with Crippen LogP contribution in [-0.2, 0) is 0 Å². The molecule has 1 aromatic carbocycles. The second kappa shape index (κ2) is 6.52. The lowest BCUT2D eigenvalue weighted by Gasteiger charge is -2.26. The summed E-state index contributed by atoms with van der Waals surface area (Å²) in [6.07, 6.45) is 5.68. The van der Waals surface area contributed by atoms with Crippen molar-refractivity contribution in [2.75, 3.05) is 5.32 Å². The van der Waals surface area contributed by atoms with Crippen LogP contribution in [0.2, 0.25) is 5.02 Å². The molecular weight excluding hydrogens is 330 g/mol. The number of pyridine rings is 1. The molecule has 0 fully saturated rings. The van der Waals surface area contributed by atoms with Crippen molar-refractivity contribution in [3.05, 3.63) is 45.6 Å². The zero-order chi connectivity index (χ0) is 17.2. The minimum atomic E-state index is -1.72. The van der Waals surface area contributed by atoms with Gasteiger partial charge in [-0.05, 0) is 24.6 Å². The van der Waals surface area contributed by atoms with Gasteiger partial charge in [0.15, 0.2) is 0 Å². The average molecular weight is 346 g/mol. The number of fused-ring (bicyclic) bond motifs is 1. The van der Waals surface area contributed by atoms with Gasteiger partial charge >= 0.3 is 5.79 Å². The first-order chi connectivity index (χ1) is 11.5. The molecule has 2 aromatic rings. The number of nitrogens with zero attached hydrogens (tertiary/aromatic N) is 4. The van der Waals surface area contributed by atoms with Crippen LogP contribution in [0.3, 0.4) is 0 Å². The van der Waals surface area contributed by atoms with E-state index < -0.39 is 16.8 Å². The SMILES string of the molecule is CCCC(Nc1cnc2cc(Cl)ccc2c1)C1([N+](=O)[O-])N=CC=N1. The highest BCUT2D eigenvalue weighted by molar-refractivity contribution is 6.31. The zero-order valence-corrected chi connectivity index (χ0v) is 13.8. The molecule has 1 aromatic heterocycles. The fourth-order valence-corrected chi connectivity index (χ4v) is 2.91. The average Bonchev–Trinajstić information content (AvgIpc) is 3.05. The summed E-state index contributed by atoms with van der Waals surface area (Å²) in [5.41, 5.74) is 1.45. The molecule has 0 spiro atoms. The van der Waals surface area contributed by atoms with Crippen molar-refractivity contribution in [3.8, 4) is 0 Å². The Balaban J connectivity index is 1.94. The molecule has 1 unspecified atom stereocenters. The molecule has 0 bridgehead atoms. The lowest BCUT2D eigenvalue weighted by Crippen LogP contribution is -2.49. The van der Waals surface area contributed by atoms with Crippen molar-refractivity contribution in [3.63, 3.8) is 0 Å². The van der Waals surface area contributed by atoms with E-state index in [0.717, 1.165) is 17.3 Å². The van der Waals surface area contributed by atoms with Crippen molar-refractivity contribution in [1.29, 1.82) is 0 Å². The third-order valence-corrected chi connectivity index (χ3v) is 4.13. The number of hydrogen-bond donors (Lipinski definition) is 1. The predicted molar refractivity (Wildman–Crippen MR) is 95.8 cm³/mol. The lowest BCUT2D eigenvalue weighted by molar-refractivity contribution is -0.568. The van der Waals surface area contributed by atoms with Crippen LogP contribution in [0.15, 0.2) is 40.4 Å². The number of anilines is 1. The third-order valence-electron chi connectivity index (χ3n) is 3.90. The van der Waals surface area contributed by atoms with Crippen LogP contribution in [-0.4, -0.2) is 34.2 Å². The molecule has 0 saturated carbocycles. The van der Waals surface area contributed by atoms with Gasteiger partial charge in [-0.2, -0.15) is 9.98 Å². The number of aliphatic imine (C=N–C) groups is 2. The number of halogens is 1. The van der Waals surface area contributed by atoms with Gasteiger partial charge in [0.25, 0.3) is 0 Å². The number of nitrogens with one attached hydrogen (secondary N) is 1. The first kappa shape index (κ1) is 16.3. The Bertz CT molecular complexity index is 824. The first-order valence-corrected chi connectivity index (χ1v) is 7.98. The number of rotatable bonds is 6. The van der Waals surface area contributed by atoms with E-state index in [-0.39, 0.29) is 0 Å². The Labute approximate surface area is 143 Å². The molecule has 124 valence electrons. The summed E-state index contributed by atoms with van der Waals surface area (Å²) < 4.78 is 0. The highest BCUT2D eigenvalue weighted by Gasteiger charge is 2.51. The summed E-state index contributed by atoms with van der Waals surface area (Å²) in [5.74, 6) is -1.72. The molecule has 3 rings (SSSR count). The molecule has 1 aliphatic heterocycles. The third kappa shape index (κ3) is 2.94. The van der Waals surface area contributed by atoms with Crippen LogP contribution in [0.4, 0.5) is 5.69 Å². The molecule has 0 aliphatic carbocycles. The second-order valence-electron chi connectivity index (χ2n) is 5.55. The predicted octanol–water partition coefficient (Wildman–Crippen LogP) is 3.55. The van der Waals surface area contributed by atoms with Crippen LogP contribution in [0, 0.1) is 10.1 Å². The highest BCUT2D eigenvalue weighted by atomic mass is 35.5. The molecule has 0 saturated heterocycles. The Morgan fingerprint density at radius 3 is 2.75 bits per heavy atom. The molecule has 0 amide bonds. The molecule has 1 aliphatic rings. The Kier molecular flexibility index (Phi) is 4.44. The van der Waals surface area contributed by atoms with Gasteiger partial charge < -0.3 is 5.32 Å². The monoisotopic (exact) mass is 345 g/mol. The van der Waals surface area contributed by atoms with Gasteiger partial charge in [0, 0.05) is 22.8 Å². The topological polar surface area (TPSA) is 92.8 Å². The second-order valence-corrected chi connectivity index (χ2v) is 5.98. The zero-order valence-electron chi connectivity index (χ0n) is 13.0. The fourth-order valence-electron chi connectivity index (χ4n) is 2.75. The molecule has 2 heterocycles. The lowest BCUT2D eigenvalue weighted by atomic mass is 10.0. The summed E-state index contributed by atoms with van der Waals surface area (Å²) >= 11 is 5.96. The number of aromatic nitrogens is 1. The molecule has 7 nitrogen and oxygen atoms in total. The normalized spacial score (nSPS) is 16.4. The maximum absolute atomic E-state index is 11.6. The molecule has 8 heteroatoms. The van der Waals surface area contributed by atoms with Crippen LogP contribution in [0.1, 0.15) is 19.8 Å². The summed E-state index contributed by atoms with van der Waals surface area (Å²) in [6.45, 7) is 1.96. The van der Waals surface area contributed by atoms with Crippen molar-refractivity contribution < 1.29 is 4.92 Å². The molecule has 0 radical (unpaired) electrons. The van der Waals surface area contributed by atoms with E-state index >= 15 is 0 Å². The van der Waals surface area contributed by atoms with E-state index in [1.165, 1.54) is 12.4 Å². The van der Waals surface area contributed by atoms with Gasteiger partial charge in [0.1, 0.15) is 6.04 Å². The number of hydrogen-bond acceptors (Lipinski definition) is 6.